The van der Waals surface area contributed by atoms with E-state index in [1.807, 2.05) is 54.6 Å². The number of carbonyl (C=O) groups is 1. The standard InChI is InChI=1S/C16H13N3O/c20-16(17-11-12-6-2-1-3-7-12)15-10-13-8-4-5-9-14(13)18-19-15/h1-10H,11H2,(H,17,20). The molecule has 0 aliphatic rings. The van der Waals surface area contributed by atoms with Gasteiger partial charge in [-0.1, -0.05) is 48.5 Å². The summed E-state index contributed by atoms with van der Waals surface area (Å²) in [6.45, 7) is 0.480. The molecule has 0 spiro atoms. The minimum absolute atomic E-state index is 0.216. The number of rotatable bonds is 3. The van der Waals surface area contributed by atoms with Crippen LogP contribution < -0.4 is 5.32 Å². The zero-order valence-corrected chi connectivity index (χ0v) is 10.8. The van der Waals surface area contributed by atoms with Gasteiger partial charge in [-0.3, -0.25) is 4.79 Å². The van der Waals surface area contributed by atoms with Crippen molar-refractivity contribution < 1.29 is 4.79 Å². The molecule has 3 rings (SSSR count). The van der Waals surface area contributed by atoms with Gasteiger partial charge >= 0.3 is 0 Å². The van der Waals surface area contributed by atoms with E-state index in [1.54, 1.807) is 6.07 Å². The maximum Gasteiger partial charge on any atom is 0.272 e. The monoisotopic (exact) mass is 263 g/mol. The van der Waals surface area contributed by atoms with Gasteiger partial charge in [-0.25, -0.2) is 0 Å². The number of benzene rings is 2. The molecule has 98 valence electrons. The Labute approximate surface area is 116 Å². The summed E-state index contributed by atoms with van der Waals surface area (Å²) in [6.07, 6.45) is 0. The number of hydrogen-bond donors (Lipinski definition) is 1. The topological polar surface area (TPSA) is 54.9 Å². The van der Waals surface area contributed by atoms with Gasteiger partial charge in [0, 0.05) is 11.9 Å². The maximum atomic E-state index is 12.0. The van der Waals surface area contributed by atoms with Crippen molar-refractivity contribution in [1.29, 1.82) is 0 Å². The molecule has 4 heteroatoms. The van der Waals surface area contributed by atoms with Crippen LogP contribution in [0.4, 0.5) is 0 Å². The Kier molecular flexibility index (Phi) is 3.37. The van der Waals surface area contributed by atoms with Gasteiger partial charge < -0.3 is 5.32 Å². The summed E-state index contributed by atoms with van der Waals surface area (Å²) in [7, 11) is 0. The lowest BCUT2D eigenvalue weighted by Crippen LogP contribution is -2.24. The molecule has 3 aromatic rings. The molecule has 1 amide bonds. The van der Waals surface area contributed by atoms with Crippen LogP contribution in [0.3, 0.4) is 0 Å². The lowest BCUT2D eigenvalue weighted by Gasteiger charge is -2.05. The van der Waals surface area contributed by atoms with Crippen molar-refractivity contribution in [1.82, 2.24) is 15.5 Å². The zero-order valence-electron chi connectivity index (χ0n) is 10.8. The number of nitrogens with zero attached hydrogens (tertiary/aromatic N) is 2. The molecule has 0 unspecified atom stereocenters. The number of carbonyl (C=O) groups excluding carboxylic acids is 1. The molecule has 1 aromatic heterocycles. The predicted molar refractivity (Wildman–Crippen MR) is 77.2 cm³/mol. The van der Waals surface area contributed by atoms with Crippen molar-refractivity contribution in [2.45, 2.75) is 6.54 Å². The molecule has 1 heterocycles. The van der Waals surface area contributed by atoms with Crippen molar-refractivity contribution in [3.63, 3.8) is 0 Å². The Morgan fingerprint density at radius 3 is 2.55 bits per heavy atom. The van der Waals surface area contributed by atoms with E-state index < -0.39 is 0 Å². The molecule has 4 nitrogen and oxygen atoms in total. The number of aromatic nitrogens is 2. The minimum atomic E-state index is -0.216. The fourth-order valence-corrected chi connectivity index (χ4v) is 1.96. The lowest BCUT2D eigenvalue weighted by molar-refractivity contribution is 0.0945. The molecule has 0 bridgehead atoms. The van der Waals surface area contributed by atoms with E-state index in [-0.39, 0.29) is 5.91 Å². The summed E-state index contributed by atoms with van der Waals surface area (Å²) in [5, 5.41) is 11.8. The Balaban J connectivity index is 1.75. The fraction of sp³-hybridized carbons (Fsp3) is 0.0625. The third-order valence-corrected chi connectivity index (χ3v) is 3.02. The third-order valence-electron chi connectivity index (χ3n) is 3.02. The van der Waals surface area contributed by atoms with Crippen LogP contribution >= 0.6 is 0 Å². The van der Waals surface area contributed by atoms with Gasteiger partial charge in [0.2, 0.25) is 0 Å². The second kappa shape index (κ2) is 5.48. The average Bonchev–Trinajstić information content (AvgIpc) is 2.53. The van der Waals surface area contributed by atoms with Crippen LogP contribution in [0.2, 0.25) is 0 Å². The molecule has 0 atom stereocenters. The lowest BCUT2D eigenvalue weighted by atomic mass is 10.2. The van der Waals surface area contributed by atoms with Gasteiger partial charge in [0.15, 0.2) is 5.69 Å². The first-order valence-electron chi connectivity index (χ1n) is 6.37. The smallest absolute Gasteiger partial charge is 0.272 e. The van der Waals surface area contributed by atoms with Crippen LogP contribution in [0, 0.1) is 0 Å². The molecule has 2 aromatic carbocycles. The van der Waals surface area contributed by atoms with E-state index in [9.17, 15) is 4.79 Å². The molecular formula is C16H13N3O. The van der Waals surface area contributed by atoms with Gasteiger partial charge in [-0.2, -0.15) is 0 Å². The Hall–Kier alpha value is -2.75. The molecule has 0 saturated heterocycles. The first kappa shape index (κ1) is 12.3. The minimum Gasteiger partial charge on any atom is -0.347 e. The quantitative estimate of drug-likeness (QED) is 0.790. The highest BCUT2D eigenvalue weighted by molar-refractivity contribution is 5.95. The Bertz CT molecular complexity index is 741. The summed E-state index contributed by atoms with van der Waals surface area (Å²) in [4.78, 5) is 12.0. The molecule has 20 heavy (non-hydrogen) atoms. The number of fused-ring (bicyclic) bond motifs is 1. The zero-order chi connectivity index (χ0) is 13.8. The first-order valence-corrected chi connectivity index (χ1v) is 6.37. The normalized spacial score (nSPS) is 10.4. The van der Waals surface area contributed by atoms with Crippen LogP contribution in [0.1, 0.15) is 16.1 Å². The average molecular weight is 263 g/mol. The van der Waals surface area contributed by atoms with Crippen LogP contribution in [-0.2, 0) is 6.54 Å². The largest absolute Gasteiger partial charge is 0.347 e. The van der Waals surface area contributed by atoms with Crippen molar-refractivity contribution in [3.8, 4) is 0 Å². The maximum absolute atomic E-state index is 12.0. The summed E-state index contributed by atoms with van der Waals surface area (Å²) in [5.41, 5.74) is 2.17. The number of nitrogens with one attached hydrogen (secondary N) is 1. The van der Waals surface area contributed by atoms with E-state index in [0.717, 1.165) is 16.5 Å². The van der Waals surface area contributed by atoms with E-state index in [4.69, 9.17) is 0 Å². The third kappa shape index (κ3) is 2.64. The van der Waals surface area contributed by atoms with Gasteiger partial charge in [0.25, 0.3) is 5.91 Å². The molecule has 0 fully saturated rings. The van der Waals surface area contributed by atoms with Crippen LogP contribution in [0.5, 0.6) is 0 Å². The van der Waals surface area contributed by atoms with Crippen LogP contribution in [0.25, 0.3) is 10.9 Å². The second-order valence-electron chi connectivity index (χ2n) is 4.46. The molecule has 0 radical (unpaired) electrons. The van der Waals surface area contributed by atoms with Crippen molar-refractivity contribution >= 4 is 16.8 Å². The molecular weight excluding hydrogens is 250 g/mol. The first-order chi connectivity index (χ1) is 9.83. The summed E-state index contributed by atoms with van der Waals surface area (Å²) >= 11 is 0. The highest BCUT2D eigenvalue weighted by Gasteiger charge is 2.08. The van der Waals surface area contributed by atoms with Gasteiger partial charge in [0.05, 0.1) is 5.52 Å². The van der Waals surface area contributed by atoms with Crippen molar-refractivity contribution in [2.75, 3.05) is 0 Å². The summed E-state index contributed by atoms with van der Waals surface area (Å²) in [6, 6.07) is 19.1. The van der Waals surface area contributed by atoms with Crippen molar-refractivity contribution in [3.05, 3.63) is 71.9 Å². The van der Waals surface area contributed by atoms with E-state index in [2.05, 4.69) is 15.5 Å². The van der Waals surface area contributed by atoms with E-state index in [1.165, 1.54) is 0 Å². The molecule has 0 aliphatic carbocycles. The Morgan fingerprint density at radius 1 is 0.950 bits per heavy atom. The van der Waals surface area contributed by atoms with Gasteiger partial charge in [-0.05, 0) is 17.7 Å². The number of amides is 1. The fourth-order valence-electron chi connectivity index (χ4n) is 1.96. The van der Waals surface area contributed by atoms with E-state index >= 15 is 0 Å². The second-order valence-corrected chi connectivity index (χ2v) is 4.46. The molecule has 0 saturated carbocycles. The predicted octanol–water partition coefficient (Wildman–Crippen LogP) is 2.56. The highest BCUT2D eigenvalue weighted by Crippen LogP contribution is 2.10. The summed E-state index contributed by atoms with van der Waals surface area (Å²) in [5.74, 6) is -0.216. The SMILES string of the molecule is O=C(NCc1ccccc1)c1cc2ccccc2nn1. The molecule has 0 aliphatic heterocycles. The molecule has 1 N–H and O–H groups in total. The summed E-state index contributed by atoms with van der Waals surface area (Å²) < 4.78 is 0. The van der Waals surface area contributed by atoms with Crippen molar-refractivity contribution in [2.24, 2.45) is 0 Å². The highest BCUT2D eigenvalue weighted by atomic mass is 16.1. The van der Waals surface area contributed by atoms with E-state index in [0.29, 0.717) is 12.2 Å². The van der Waals surface area contributed by atoms with Crippen LogP contribution in [-0.4, -0.2) is 16.1 Å². The van der Waals surface area contributed by atoms with Crippen LogP contribution in [0.15, 0.2) is 60.7 Å². The van der Waals surface area contributed by atoms with Gasteiger partial charge in [0.1, 0.15) is 0 Å². The van der Waals surface area contributed by atoms with Gasteiger partial charge in [-0.15, -0.1) is 10.2 Å². The number of hydrogen-bond acceptors (Lipinski definition) is 3. The Morgan fingerprint density at radius 2 is 1.70 bits per heavy atom.